The molecule has 10 heteroatoms. The number of carbonyl (C=O) groups excluding carboxylic acids is 2. The number of carbonyl (C=O) groups is 2. The van der Waals surface area contributed by atoms with Gasteiger partial charge in [-0.3, -0.25) is 4.79 Å². The maximum absolute atomic E-state index is 12.6. The molecule has 1 saturated heterocycles. The summed E-state index contributed by atoms with van der Waals surface area (Å²) >= 11 is 0. The van der Waals surface area contributed by atoms with Crippen molar-refractivity contribution in [3.05, 3.63) is 18.2 Å². The molecule has 1 aliphatic heterocycles. The number of benzene rings is 1. The summed E-state index contributed by atoms with van der Waals surface area (Å²) in [5.74, 6) is -1.88. The Bertz CT molecular complexity index is 742. The second-order valence-corrected chi connectivity index (χ2v) is 6.99. The van der Waals surface area contributed by atoms with Gasteiger partial charge < -0.3 is 19.5 Å². The Kier molecular flexibility index (Phi) is 6.34. The fourth-order valence-electron chi connectivity index (χ4n) is 2.24. The molecule has 138 valence electrons. The molecule has 2 rings (SSSR count). The normalized spacial score (nSPS) is 15.4. The molecule has 0 bridgehead atoms. The van der Waals surface area contributed by atoms with Gasteiger partial charge in [-0.05, 0) is 19.1 Å². The summed E-state index contributed by atoms with van der Waals surface area (Å²) in [5.41, 5.74) is 0.168. The topological polar surface area (TPSA) is 111 Å². The quantitative estimate of drug-likeness (QED) is 0.581. The molecular formula is C15H20N2O7S. The van der Waals surface area contributed by atoms with Gasteiger partial charge in [0.15, 0.2) is 0 Å². The number of methoxy groups -OCH3 is 1. The van der Waals surface area contributed by atoms with E-state index in [1.54, 1.807) is 6.92 Å². The van der Waals surface area contributed by atoms with Crippen LogP contribution in [-0.2, 0) is 29.1 Å². The lowest BCUT2D eigenvalue weighted by molar-refractivity contribution is -0.152. The van der Waals surface area contributed by atoms with Crippen molar-refractivity contribution in [2.45, 2.75) is 11.8 Å². The molecule has 9 nitrogen and oxygen atoms in total. The van der Waals surface area contributed by atoms with Gasteiger partial charge in [0.1, 0.15) is 5.75 Å². The molecule has 0 spiro atoms. The second kappa shape index (κ2) is 8.28. The first-order chi connectivity index (χ1) is 11.9. The highest BCUT2D eigenvalue weighted by Crippen LogP contribution is 2.29. The highest BCUT2D eigenvalue weighted by Gasteiger charge is 2.27. The average molecular weight is 372 g/mol. The van der Waals surface area contributed by atoms with E-state index in [2.05, 4.69) is 10.1 Å². The van der Waals surface area contributed by atoms with Crippen molar-refractivity contribution < 1.29 is 32.2 Å². The summed E-state index contributed by atoms with van der Waals surface area (Å²) in [7, 11) is -2.36. The van der Waals surface area contributed by atoms with Crippen LogP contribution in [0.1, 0.15) is 6.92 Å². The molecule has 0 aliphatic carbocycles. The van der Waals surface area contributed by atoms with Crippen LogP contribution in [0.5, 0.6) is 5.75 Å². The van der Waals surface area contributed by atoms with Crippen molar-refractivity contribution in [3.8, 4) is 5.75 Å². The molecule has 0 saturated carbocycles. The van der Waals surface area contributed by atoms with Crippen LogP contribution in [-0.4, -0.2) is 64.6 Å². The first-order valence-corrected chi connectivity index (χ1v) is 9.08. The van der Waals surface area contributed by atoms with Crippen molar-refractivity contribution in [3.63, 3.8) is 0 Å². The van der Waals surface area contributed by atoms with Crippen LogP contribution in [0.4, 0.5) is 5.69 Å². The maximum Gasteiger partial charge on any atom is 0.397 e. The minimum Gasteiger partial charge on any atom is -0.495 e. The Morgan fingerprint density at radius 3 is 2.56 bits per heavy atom. The van der Waals surface area contributed by atoms with Crippen LogP contribution in [0.2, 0.25) is 0 Å². The first-order valence-electron chi connectivity index (χ1n) is 7.64. The van der Waals surface area contributed by atoms with Crippen molar-refractivity contribution in [2.75, 3.05) is 45.3 Å². The number of esters is 1. The molecule has 1 aromatic rings. The van der Waals surface area contributed by atoms with E-state index in [4.69, 9.17) is 9.47 Å². The van der Waals surface area contributed by atoms with E-state index in [1.807, 2.05) is 0 Å². The predicted octanol–water partition coefficient (Wildman–Crippen LogP) is 0.218. The van der Waals surface area contributed by atoms with Crippen molar-refractivity contribution in [1.82, 2.24) is 4.31 Å². The van der Waals surface area contributed by atoms with E-state index >= 15 is 0 Å². The van der Waals surface area contributed by atoms with Crippen LogP contribution in [0.3, 0.4) is 0 Å². The largest absolute Gasteiger partial charge is 0.495 e. The Hall–Kier alpha value is -2.17. The molecule has 1 fully saturated rings. The lowest BCUT2D eigenvalue weighted by Crippen LogP contribution is -2.40. The average Bonchev–Trinajstić information content (AvgIpc) is 2.62. The first kappa shape index (κ1) is 19.2. The third kappa shape index (κ3) is 4.47. The summed E-state index contributed by atoms with van der Waals surface area (Å²) in [6.45, 7) is 2.86. The van der Waals surface area contributed by atoms with E-state index in [0.29, 0.717) is 13.2 Å². The number of anilines is 1. The van der Waals surface area contributed by atoms with Crippen molar-refractivity contribution in [1.29, 1.82) is 0 Å². The standard InChI is InChI=1S/C15H20N2O7S/c1-3-24-15(19)14(18)16-12-5-4-11(10-13(12)22-2)25(20,21)17-6-8-23-9-7-17/h4-5,10H,3,6-9H2,1-2H3,(H,16,18). The molecule has 0 radical (unpaired) electrons. The van der Waals surface area contributed by atoms with Crippen LogP contribution in [0.25, 0.3) is 0 Å². The summed E-state index contributed by atoms with van der Waals surface area (Å²) in [6, 6.07) is 4.00. The fourth-order valence-corrected chi connectivity index (χ4v) is 3.67. The molecule has 1 aromatic carbocycles. The van der Waals surface area contributed by atoms with Gasteiger partial charge in [0.05, 0.1) is 37.5 Å². The highest BCUT2D eigenvalue weighted by molar-refractivity contribution is 7.89. The monoisotopic (exact) mass is 372 g/mol. The third-order valence-corrected chi connectivity index (χ3v) is 5.38. The Balaban J connectivity index is 2.24. The van der Waals surface area contributed by atoms with Crippen molar-refractivity contribution in [2.24, 2.45) is 0 Å². The van der Waals surface area contributed by atoms with E-state index in [0.717, 1.165) is 0 Å². The Morgan fingerprint density at radius 2 is 1.96 bits per heavy atom. The Morgan fingerprint density at radius 1 is 1.28 bits per heavy atom. The molecule has 0 aromatic heterocycles. The summed E-state index contributed by atoms with van der Waals surface area (Å²) in [6.07, 6.45) is 0. The number of nitrogens with one attached hydrogen (secondary N) is 1. The van der Waals surface area contributed by atoms with Crippen LogP contribution in [0, 0.1) is 0 Å². The molecule has 0 atom stereocenters. The van der Waals surface area contributed by atoms with Gasteiger partial charge in [-0.2, -0.15) is 4.31 Å². The molecule has 0 unspecified atom stereocenters. The number of ether oxygens (including phenoxy) is 3. The maximum atomic E-state index is 12.6. The third-order valence-electron chi connectivity index (χ3n) is 3.49. The van der Waals surface area contributed by atoms with E-state index in [1.165, 1.54) is 29.6 Å². The van der Waals surface area contributed by atoms with Gasteiger partial charge >= 0.3 is 11.9 Å². The number of sulfonamides is 1. The SMILES string of the molecule is CCOC(=O)C(=O)Nc1ccc(S(=O)(=O)N2CCOCC2)cc1OC. The van der Waals surface area contributed by atoms with Gasteiger partial charge in [-0.1, -0.05) is 0 Å². The summed E-state index contributed by atoms with van der Waals surface area (Å²) in [4.78, 5) is 23.1. The number of hydrogen-bond donors (Lipinski definition) is 1. The minimum absolute atomic E-state index is 0.0281. The smallest absolute Gasteiger partial charge is 0.397 e. The lowest BCUT2D eigenvalue weighted by Gasteiger charge is -2.26. The molecule has 1 heterocycles. The number of morpholine rings is 1. The van der Waals surface area contributed by atoms with Crippen molar-refractivity contribution >= 4 is 27.6 Å². The van der Waals surface area contributed by atoms with Gasteiger partial charge in [-0.25, -0.2) is 13.2 Å². The van der Waals surface area contributed by atoms with Gasteiger partial charge in [-0.15, -0.1) is 0 Å². The van der Waals surface area contributed by atoms with Gasteiger partial charge in [0.25, 0.3) is 0 Å². The predicted molar refractivity (Wildman–Crippen MR) is 87.8 cm³/mol. The molecule has 1 N–H and O–H groups in total. The van der Waals surface area contributed by atoms with Gasteiger partial charge in [0.2, 0.25) is 10.0 Å². The molecule has 25 heavy (non-hydrogen) atoms. The number of amides is 1. The zero-order valence-electron chi connectivity index (χ0n) is 14.0. The van der Waals surface area contributed by atoms with Gasteiger partial charge in [0, 0.05) is 19.2 Å². The van der Waals surface area contributed by atoms with E-state index < -0.39 is 21.9 Å². The Labute approximate surface area is 145 Å². The lowest BCUT2D eigenvalue weighted by atomic mass is 10.3. The molecule has 1 aliphatic rings. The fraction of sp³-hybridized carbons (Fsp3) is 0.467. The zero-order chi connectivity index (χ0) is 18.4. The van der Waals surface area contributed by atoms with E-state index in [9.17, 15) is 18.0 Å². The molecule has 1 amide bonds. The van der Waals surface area contributed by atoms with Crippen LogP contribution in [0.15, 0.2) is 23.1 Å². The second-order valence-electron chi connectivity index (χ2n) is 5.05. The zero-order valence-corrected chi connectivity index (χ0v) is 14.8. The summed E-state index contributed by atoms with van der Waals surface area (Å²) in [5, 5.41) is 2.34. The number of hydrogen-bond acceptors (Lipinski definition) is 7. The van der Waals surface area contributed by atoms with E-state index in [-0.39, 0.29) is 36.0 Å². The highest BCUT2D eigenvalue weighted by atomic mass is 32.2. The number of nitrogens with zero attached hydrogens (tertiary/aromatic N) is 1. The molecular weight excluding hydrogens is 352 g/mol. The van der Waals surface area contributed by atoms with Crippen LogP contribution < -0.4 is 10.1 Å². The summed E-state index contributed by atoms with van der Waals surface area (Å²) < 4.78 is 41.5. The number of rotatable bonds is 5. The minimum atomic E-state index is -3.70. The van der Waals surface area contributed by atoms with Crippen LogP contribution >= 0.6 is 0 Å².